The first-order chi connectivity index (χ1) is 11.5. The Morgan fingerprint density at radius 1 is 1.29 bits per heavy atom. The van der Waals surface area contributed by atoms with Gasteiger partial charge in [0.1, 0.15) is 0 Å². The minimum Gasteiger partial charge on any atom is -0.461 e. The van der Waals surface area contributed by atoms with Crippen LogP contribution in [0, 0.1) is 5.92 Å². The number of amides is 1. The Morgan fingerprint density at radius 3 is 2.62 bits per heavy atom. The predicted molar refractivity (Wildman–Crippen MR) is 94.2 cm³/mol. The van der Waals surface area contributed by atoms with E-state index in [2.05, 4.69) is 10.4 Å². The fourth-order valence-electron chi connectivity index (χ4n) is 2.00. The number of hydrogen-bond donors (Lipinski definition) is 1. The zero-order chi connectivity index (χ0) is 17.5. The van der Waals surface area contributed by atoms with Gasteiger partial charge in [-0.15, -0.1) is 11.3 Å². The van der Waals surface area contributed by atoms with Crippen LogP contribution >= 0.6 is 11.3 Å². The number of nitrogens with one attached hydrogen (secondary N) is 1. The summed E-state index contributed by atoms with van der Waals surface area (Å²) >= 11 is 1.29. The van der Waals surface area contributed by atoms with Crippen molar-refractivity contribution in [3.63, 3.8) is 0 Å². The second-order valence-electron chi connectivity index (χ2n) is 5.55. The molecule has 0 atom stereocenters. The molecule has 1 heterocycles. The van der Waals surface area contributed by atoms with Crippen molar-refractivity contribution in [1.29, 1.82) is 0 Å². The maximum atomic E-state index is 12.4. The molecular formula is C17H21N3O3S. The van der Waals surface area contributed by atoms with Gasteiger partial charge >= 0.3 is 5.97 Å². The number of aromatic nitrogens is 1. The molecule has 0 spiro atoms. The van der Waals surface area contributed by atoms with Crippen LogP contribution < -0.4 is 10.4 Å². The highest BCUT2D eigenvalue weighted by Crippen LogP contribution is 2.21. The number of carbonyl (C=O) groups is 2. The molecule has 0 aliphatic heterocycles. The Bertz CT molecular complexity index is 685. The van der Waals surface area contributed by atoms with E-state index in [1.54, 1.807) is 29.4 Å². The number of hydrogen-bond acceptors (Lipinski definition) is 6. The number of esters is 1. The molecule has 7 heteroatoms. The van der Waals surface area contributed by atoms with Crippen LogP contribution in [0.3, 0.4) is 0 Å². The molecule has 1 aromatic carbocycles. The molecule has 0 radical (unpaired) electrons. The van der Waals surface area contributed by atoms with Crippen LogP contribution in [0.25, 0.3) is 0 Å². The van der Waals surface area contributed by atoms with Crippen LogP contribution in [0.2, 0.25) is 0 Å². The number of ether oxygens (including phenoxy) is 1. The fourth-order valence-corrected chi connectivity index (χ4v) is 2.76. The second-order valence-corrected chi connectivity index (χ2v) is 6.38. The summed E-state index contributed by atoms with van der Waals surface area (Å²) in [6.45, 7) is 6.71. The normalized spacial score (nSPS) is 10.5. The first kappa shape index (κ1) is 17.9. The first-order valence-corrected chi connectivity index (χ1v) is 8.65. The Hall–Kier alpha value is -2.41. The molecule has 6 nitrogen and oxygen atoms in total. The van der Waals surface area contributed by atoms with Crippen molar-refractivity contribution in [1.82, 2.24) is 10.4 Å². The number of hydrazine groups is 1. The number of rotatable bonds is 7. The standard InChI is InChI=1S/C17H21N3O3S/c1-4-23-16(22)14-11-24-17(18-14)20(10-12(2)3)19-15(21)13-8-6-5-7-9-13/h5-9,11-12H,4,10H2,1-3H3,(H,19,21). The second kappa shape index (κ2) is 8.44. The molecule has 1 N–H and O–H groups in total. The minimum absolute atomic E-state index is 0.218. The summed E-state index contributed by atoms with van der Waals surface area (Å²) in [5.41, 5.74) is 3.67. The molecule has 0 fully saturated rings. The molecule has 0 saturated heterocycles. The topological polar surface area (TPSA) is 71.5 Å². The van der Waals surface area contributed by atoms with Crippen molar-refractivity contribution in [3.05, 3.63) is 47.0 Å². The lowest BCUT2D eigenvalue weighted by Gasteiger charge is -2.24. The zero-order valence-corrected chi connectivity index (χ0v) is 14.8. The Kier molecular flexibility index (Phi) is 6.31. The molecule has 0 aliphatic carbocycles. The van der Waals surface area contributed by atoms with E-state index in [-0.39, 0.29) is 11.6 Å². The van der Waals surface area contributed by atoms with E-state index in [4.69, 9.17) is 4.74 Å². The van der Waals surface area contributed by atoms with Crippen molar-refractivity contribution < 1.29 is 14.3 Å². The minimum atomic E-state index is -0.459. The number of thiazole rings is 1. The molecule has 0 bridgehead atoms. The molecule has 0 saturated carbocycles. The van der Waals surface area contributed by atoms with Gasteiger partial charge in [-0.2, -0.15) is 0 Å². The van der Waals surface area contributed by atoms with Crippen LogP contribution in [0.5, 0.6) is 0 Å². The van der Waals surface area contributed by atoms with Gasteiger partial charge in [-0.3, -0.25) is 15.2 Å². The van der Waals surface area contributed by atoms with Crippen LogP contribution in [0.1, 0.15) is 41.6 Å². The molecule has 0 unspecified atom stereocenters. The van der Waals surface area contributed by atoms with Crippen molar-refractivity contribution >= 4 is 28.3 Å². The van der Waals surface area contributed by atoms with Crippen LogP contribution in [0.4, 0.5) is 5.13 Å². The molecule has 2 aromatic rings. The van der Waals surface area contributed by atoms with Crippen LogP contribution in [0.15, 0.2) is 35.7 Å². The van der Waals surface area contributed by atoms with E-state index in [1.807, 2.05) is 32.0 Å². The number of anilines is 1. The Labute approximate surface area is 145 Å². The summed E-state index contributed by atoms with van der Waals surface area (Å²) in [6.07, 6.45) is 0. The highest BCUT2D eigenvalue weighted by molar-refractivity contribution is 7.13. The fraction of sp³-hybridized carbons (Fsp3) is 0.353. The summed E-state index contributed by atoms with van der Waals surface area (Å²) in [5, 5.41) is 3.86. The predicted octanol–water partition coefficient (Wildman–Crippen LogP) is 3.13. The molecule has 24 heavy (non-hydrogen) atoms. The smallest absolute Gasteiger partial charge is 0.357 e. The van der Waals surface area contributed by atoms with Gasteiger partial charge in [-0.1, -0.05) is 32.0 Å². The summed E-state index contributed by atoms with van der Waals surface area (Å²) in [4.78, 5) is 28.4. The third kappa shape index (κ3) is 4.79. The van der Waals surface area contributed by atoms with Crippen molar-refractivity contribution in [2.45, 2.75) is 20.8 Å². The van der Waals surface area contributed by atoms with E-state index >= 15 is 0 Å². The van der Waals surface area contributed by atoms with Gasteiger partial charge in [-0.05, 0) is 25.0 Å². The zero-order valence-electron chi connectivity index (χ0n) is 14.0. The van der Waals surface area contributed by atoms with Gasteiger partial charge in [0.05, 0.1) is 6.61 Å². The van der Waals surface area contributed by atoms with Crippen molar-refractivity contribution in [3.8, 4) is 0 Å². The van der Waals surface area contributed by atoms with Crippen molar-refractivity contribution in [2.24, 2.45) is 5.92 Å². The van der Waals surface area contributed by atoms with Gasteiger partial charge in [0, 0.05) is 17.5 Å². The highest BCUT2D eigenvalue weighted by Gasteiger charge is 2.19. The average molecular weight is 347 g/mol. The molecule has 2 rings (SSSR count). The first-order valence-electron chi connectivity index (χ1n) is 7.77. The molecule has 1 aromatic heterocycles. The SMILES string of the molecule is CCOC(=O)c1csc(N(CC(C)C)NC(=O)c2ccccc2)n1. The third-order valence-electron chi connectivity index (χ3n) is 3.03. The van der Waals surface area contributed by atoms with Crippen LogP contribution in [-0.2, 0) is 4.74 Å². The molecule has 1 amide bonds. The van der Waals surface area contributed by atoms with Gasteiger partial charge in [0.2, 0.25) is 5.13 Å². The van der Waals surface area contributed by atoms with Gasteiger partial charge in [0.15, 0.2) is 5.69 Å². The average Bonchev–Trinajstić information content (AvgIpc) is 3.05. The van der Waals surface area contributed by atoms with Gasteiger partial charge in [-0.25, -0.2) is 9.78 Å². The summed E-state index contributed by atoms with van der Waals surface area (Å²) < 4.78 is 4.95. The van der Waals surface area contributed by atoms with E-state index in [0.717, 1.165) is 0 Å². The van der Waals surface area contributed by atoms with Crippen LogP contribution in [-0.4, -0.2) is 30.0 Å². The monoisotopic (exact) mass is 347 g/mol. The summed E-state index contributed by atoms with van der Waals surface area (Å²) in [6, 6.07) is 8.96. The maximum absolute atomic E-state index is 12.4. The molecule has 0 aliphatic rings. The Morgan fingerprint density at radius 2 is 2.00 bits per heavy atom. The lowest BCUT2D eigenvalue weighted by molar-refractivity contribution is 0.0520. The number of nitrogens with zero attached hydrogens (tertiary/aromatic N) is 2. The maximum Gasteiger partial charge on any atom is 0.357 e. The van der Waals surface area contributed by atoms with Gasteiger partial charge in [0.25, 0.3) is 5.91 Å². The van der Waals surface area contributed by atoms with E-state index < -0.39 is 5.97 Å². The molecular weight excluding hydrogens is 326 g/mol. The highest BCUT2D eigenvalue weighted by atomic mass is 32.1. The van der Waals surface area contributed by atoms with Crippen molar-refractivity contribution in [2.75, 3.05) is 18.2 Å². The quantitative estimate of drug-likeness (QED) is 0.615. The number of carbonyl (C=O) groups excluding carboxylic acids is 2. The van der Waals surface area contributed by atoms with E-state index in [0.29, 0.717) is 29.8 Å². The lowest BCUT2D eigenvalue weighted by Crippen LogP contribution is -2.44. The summed E-state index contributed by atoms with van der Waals surface area (Å²) in [5.74, 6) is -0.376. The molecule has 128 valence electrons. The largest absolute Gasteiger partial charge is 0.461 e. The number of benzene rings is 1. The third-order valence-corrected chi connectivity index (χ3v) is 3.89. The summed E-state index contributed by atoms with van der Waals surface area (Å²) in [7, 11) is 0. The van der Waals surface area contributed by atoms with E-state index in [1.165, 1.54) is 11.3 Å². The van der Waals surface area contributed by atoms with E-state index in [9.17, 15) is 9.59 Å². The Balaban J connectivity index is 2.16. The lowest BCUT2D eigenvalue weighted by atomic mass is 10.2. The van der Waals surface area contributed by atoms with Gasteiger partial charge < -0.3 is 4.74 Å².